The van der Waals surface area contributed by atoms with Gasteiger partial charge >= 0.3 is 0 Å². The van der Waals surface area contributed by atoms with Crippen LogP contribution in [0.1, 0.15) is 18.9 Å². The average Bonchev–Trinajstić information content (AvgIpc) is 2.39. The molecule has 4 nitrogen and oxygen atoms in total. The van der Waals surface area contributed by atoms with Crippen molar-refractivity contribution in [3.63, 3.8) is 0 Å². The highest BCUT2D eigenvalue weighted by molar-refractivity contribution is 9.10. The van der Waals surface area contributed by atoms with Gasteiger partial charge in [-0.05, 0) is 31.0 Å². The molecule has 1 heterocycles. The molecule has 0 saturated carbocycles. The molecule has 1 aliphatic rings. The molecule has 2 atom stereocenters. The van der Waals surface area contributed by atoms with Crippen LogP contribution in [0.4, 0.5) is 0 Å². The first-order valence-corrected chi connectivity index (χ1v) is 7.77. The van der Waals surface area contributed by atoms with E-state index >= 15 is 0 Å². The number of amides is 1. The first-order valence-electron chi connectivity index (χ1n) is 6.98. The van der Waals surface area contributed by atoms with Crippen molar-refractivity contribution in [2.75, 3.05) is 19.8 Å². The second-order valence-electron chi connectivity index (χ2n) is 5.23. The van der Waals surface area contributed by atoms with Crippen molar-refractivity contribution in [2.45, 2.75) is 31.8 Å². The van der Waals surface area contributed by atoms with Crippen molar-refractivity contribution in [1.82, 2.24) is 10.6 Å². The highest BCUT2D eigenvalue weighted by atomic mass is 79.9. The minimum Gasteiger partial charge on any atom is -0.378 e. The molecule has 20 heavy (non-hydrogen) atoms. The number of halogens is 1. The van der Waals surface area contributed by atoms with Crippen molar-refractivity contribution in [3.05, 3.63) is 34.3 Å². The van der Waals surface area contributed by atoms with Crippen LogP contribution in [-0.4, -0.2) is 37.7 Å². The van der Waals surface area contributed by atoms with E-state index in [1.807, 2.05) is 19.1 Å². The van der Waals surface area contributed by atoms with E-state index in [1.54, 1.807) is 0 Å². The van der Waals surface area contributed by atoms with Crippen LogP contribution in [0, 0.1) is 0 Å². The first-order chi connectivity index (χ1) is 9.63. The molecule has 0 bridgehead atoms. The molecule has 1 saturated heterocycles. The molecular weight excluding hydrogens is 320 g/mol. The zero-order valence-electron chi connectivity index (χ0n) is 11.7. The minimum atomic E-state index is 0.0792. The summed E-state index contributed by atoms with van der Waals surface area (Å²) in [4.78, 5) is 12.0. The number of carbonyl (C=O) groups is 1. The lowest BCUT2D eigenvalue weighted by Crippen LogP contribution is -2.45. The van der Waals surface area contributed by atoms with Crippen LogP contribution in [-0.2, 0) is 16.0 Å². The number of ether oxygens (including phenoxy) is 1. The Morgan fingerprint density at radius 1 is 1.60 bits per heavy atom. The minimum absolute atomic E-state index is 0.0792. The van der Waals surface area contributed by atoms with E-state index in [1.165, 1.54) is 5.56 Å². The summed E-state index contributed by atoms with van der Waals surface area (Å²) in [5.41, 5.74) is 1.21. The normalized spacial score (nSPS) is 20.4. The predicted molar refractivity (Wildman–Crippen MR) is 82.7 cm³/mol. The number of benzene rings is 1. The SMILES string of the molecule is CC(Cc1cccc(Br)c1)NC(=O)CC1COCCN1. The molecule has 2 unspecified atom stereocenters. The number of morpholine rings is 1. The summed E-state index contributed by atoms with van der Waals surface area (Å²) in [7, 11) is 0. The molecule has 1 aromatic rings. The molecule has 0 radical (unpaired) electrons. The highest BCUT2D eigenvalue weighted by Crippen LogP contribution is 2.13. The fourth-order valence-electron chi connectivity index (χ4n) is 2.38. The summed E-state index contributed by atoms with van der Waals surface area (Å²) in [6.07, 6.45) is 1.31. The largest absolute Gasteiger partial charge is 0.378 e. The fourth-order valence-corrected chi connectivity index (χ4v) is 2.82. The van der Waals surface area contributed by atoms with Crippen LogP contribution < -0.4 is 10.6 Å². The molecular formula is C15H21BrN2O2. The second kappa shape index (κ2) is 7.76. The summed E-state index contributed by atoms with van der Waals surface area (Å²) in [6, 6.07) is 8.44. The maximum atomic E-state index is 12.0. The Balaban J connectivity index is 1.75. The first kappa shape index (κ1) is 15.5. The molecule has 2 rings (SSSR count). The molecule has 0 spiro atoms. The van der Waals surface area contributed by atoms with Crippen LogP contribution in [0.3, 0.4) is 0 Å². The van der Waals surface area contributed by atoms with E-state index in [-0.39, 0.29) is 18.0 Å². The zero-order valence-corrected chi connectivity index (χ0v) is 13.3. The van der Waals surface area contributed by atoms with Gasteiger partial charge in [-0.2, -0.15) is 0 Å². The lowest BCUT2D eigenvalue weighted by Gasteiger charge is -2.24. The van der Waals surface area contributed by atoms with Gasteiger partial charge in [0.05, 0.1) is 13.2 Å². The highest BCUT2D eigenvalue weighted by Gasteiger charge is 2.17. The van der Waals surface area contributed by atoms with Gasteiger partial charge in [-0.3, -0.25) is 4.79 Å². The number of nitrogens with one attached hydrogen (secondary N) is 2. The van der Waals surface area contributed by atoms with Crippen molar-refractivity contribution < 1.29 is 9.53 Å². The van der Waals surface area contributed by atoms with Gasteiger partial charge in [0, 0.05) is 29.5 Å². The summed E-state index contributed by atoms with van der Waals surface area (Å²) >= 11 is 3.46. The van der Waals surface area contributed by atoms with Gasteiger partial charge in [-0.15, -0.1) is 0 Å². The van der Waals surface area contributed by atoms with E-state index < -0.39 is 0 Å². The summed E-state index contributed by atoms with van der Waals surface area (Å²) in [5, 5.41) is 6.33. The monoisotopic (exact) mass is 340 g/mol. The van der Waals surface area contributed by atoms with E-state index in [4.69, 9.17) is 4.74 Å². The fraction of sp³-hybridized carbons (Fsp3) is 0.533. The molecule has 0 aliphatic carbocycles. The van der Waals surface area contributed by atoms with Crippen molar-refractivity contribution in [1.29, 1.82) is 0 Å². The van der Waals surface area contributed by atoms with E-state index in [2.05, 4.69) is 38.7 Å². The quantitative estimate of drug-likeness (QED) is 0.860. The van der Waals surface area contributed by atoms with Crippen molar-refractivity contribution in [3.8, 4) is 0 Å². The predicted octanol–water partition coefficient (Wildman–Crippen LogP) is 1.87. The molecule has 1 amide bonds. The third-order valence-electron chi connectivity index (χ3n) is 3.27. The molecule has 1 aromatic carbocycles. The summed E-state index contributed by atoms with van der Waals surface area (Å²) in [5.74, 6) is 0.0792. The summed E-state index contributed by atoms with van der Waals surface area (Å²) < 4.78 is 6.42. The number of carbonyl (C=O) groups excluding carboxylic acids is 1. The van der Waals surface area contributed by atoms with Gasteiger partial charge in [0.15, 0.2) is 0 Å². The van der Waals surface area contributed by atoms with Gasteiger partial charge < -0.3 is 15.4 Å². The summed E-state index contributed by atoms with van der Waals surface area (Å²) in [6.45, 7) is 4.21. The third kappa shape index (κ3) is 5.23. The number of hydrogen-bond acceptors (Lipinski definition) is 3. The van der Waals surface area contributed by atoms with Crippen LogP contribution in [0.25, 0.3) is 0 Å². The average molecular weight is 341 g/mol. The van der Waals surface area contributed by atoms with Gasteiger partial charge in [-0.25, -0.2) is 0 Å². The van der Waals surface area contributed by atoms with Gasteiger partial charge in [-0.1, -0.05) is 28.1 Å². The van der Waals surface area contributed by atoms with E-state index in [0.29, 0.717) is 13.0 Å². The van der Waals surface area contributed by atoms with Gasteiger partial charge in [0.25, 0.3) is 0 Å². The maximum absolute atomic E-state index is 12.0. The molecule has 110 valence electrons. The lowest BCUT2D eigenvalue weighted by molar-refractivity contribution is -0.122. The standard InChI is InChI=1S/C15H21BrN2O2/c1-11(7-12-3-2-4-13(16)8-12)18-15(19)9-14-10-20-6-5-17-14/h2-4,8,11,14,17H,5-7,9-10H2,1H3,(H,18,19). The third-order valence-corrected chi connectivity index (χ3v) is 3.76. The Kier molecular flexibility index (Phi) is 6.01. The Labute approximate surface area is 128 Å². The van der Waals surface area contributed by atoms with Crippen LogP contribution in [0.5, 0.6) is 0 Å². The smallest absolute Gasteiger partial charge is 0.221 e. The molecule has 1 aliphatic heterocycles. The van der Waals surface area contributed by atoms with E-state index in [9.17, 15) is 4.79 Å². The Morgan fingerprint density at radius 3 is 3.15 bits per heavy atom. The van der Waals surface area contributed by atoms with Crippen molar-refractivity contribution in [2.24, 2.45) is 0 Å². The Morgan fingerprint density at radius 2 is 2.45 bits per heavy atom. The Hall–Kier alpha value is -0.910. The number of rotatable bonds is 5. The second-order valence-corrected chi connectivity index (χ2v) is 6.15. The van der Waals surface area contributed by atoms with Gasteiger partial charge in [0.1, 0.15) is 0 Å². The van der Waals surface area contributed by atoms with Crippen LogP contribution >= 0.6 is 15.9 Å². The van der Waals surface area contributed by atoms with E-state index in [0.717, 1.165) is 24.0 Å². The molecule has 0 aromatic heterocycles. The molecule has 5 heteroatoms. The Bertz CT molecular complexity index is 447. The zero-order chi connectivity index (χ0) is 14.4. The van der Waals surface area contributed by atoms with Crippen molar-refractivity contribution >= 4 is 21.8 Å². The molecule has 2 N–H and O–H groups in total. The topological polar surface area (TPSA) is 50.4 Å². The lowest BCUT2D eigenvalue weighted by atomic mass is 10.1. The van der Waals surface area contributed by atoms with Gasteiger partial charge in [0.2, 0.25) is 5.91 Å². The maximum Gasteiger partial charge on any atom is 0.221 e. The number of hydrogen-bond donors (Lipinski definition) is 2. The van der Waals surface area contributed by atoms with Crippen LogP contribution in [0.15, 0.2) is 28.7 Å². The molecule has 1 fully saturated rings. The van der Waals surface area contributed by atoms with Crippen LogP contribution in [0.2, 0.25) is 0 Å².